The van der Waals surface area contributed by atoms with Gasteiger partial charge in [0.2, 0.25) is 0 Å². The Hall–Kier alpha value is -0.300. The van der Waals surface area contributed by atoms with E-state index >= 15 is 0 Å². The van der Waals surface area contributed by atoms with E-state index in [0.29, 0.717) is 11.3 Å². The predicted octanol–water partition coefficient (Wildman–Crippen LogP) is 3.37. The zero-order valence-electron chi connectivity index (χ0n) is 10.0. The van der Waals surface area contributed by atoms with Crippen LogP contribution in [0, 0.1) is 11.3 Å². The first-order valence-corrected chi connectivity index (χ1v) is 5.96. The average molecular weight is 195 g/mol. The summed E-state index contributed by atoms with van der Waals surface area (Å²) in [6, 6.07) is 0. The molecule has 0 aromatic rings. The van der Waals surface area contributed by atoms with Gasteiger partial charge < -0.3 is 5.32 Å². The summed E-state index contributed by atoms with van der Waals surface area (Å²) in [5.74, 6) is 0.632. The Bertz CT molecular complexity index is 185. The minimum atomic E-state index is 0.399. The molecule has 1 heterocycles. The molecule has 1 aliphatic rings. The van der Waals surface area contributed by atoms with E-state index in [1.807, 2.05) is 0 Å². The SMILES string of the molecule is C=C(C(C)C)C1(C)CCCNCCC1. The fourth-order valence-corrected chi connectivity index (χ4v) is 2.48. The largest absolute Gasteiger partial charge is 0.317 e. The highest BCUT2D eigenvalue weighted by molar-refractivity contribution is 5.11. The topological polar surface area (TPSA) is 12.0 Å². The number of nitrogens with one attached hydrogen (secondary N) is 1. The van der Waals surface area contributed by atoms with Crippen molar-refractivity contribution in [3.63, 3.8) is 0 Å². The van der Waals surface area contributed by atoms with Crippen LogP contribution in [0.25, 0.3) is 0 Å². The summed E-state index contributed by atoms with van der Waals surface area (Å²) in [4.78, 5) is 0. The van der Waals surface area contributed by atoms with E-state index in [4.69, 9.17) is 0 Å². The molecule has 0 spiro atoms. The Labute approximate surface area is 89.0 Å². The fourth-order valence-electron chi connectivity index (χ4n) is 2.48. The van der Waals surface area contributed by atoms with E-state index in [0.717, 1.165) is 0 Å². The van der Waals surface area contributed by atoms with Gasteiger partial charge in [-0.1, -0.05) is 32.9 Å². The first kappa shape index (κ1) is 11.8. The van der Waals surface area contributed by atoms with Gasteiger partial charge in [0.15, 0.2) is 0 Å². The first-order valence-electron chi connectivity index (χ1n) is 5.96. The van der Waals surface area contributed by atoms with Gasteiger partial charge in [-0.05, 0) is 50.1 Å². The lowest BCUT2D eigenvalue weighted by atomic mass is 9.71. The van der Waals surface area contributed by atoms with Crippen LogP contribution in [0.4, 0.5) is 0 Å². The highest BCUT2D eigenvalue weighted by atomic mass is 14.8. The Morgan fingerprint density at radius 2 is 1.71 bits per heavy atom. The lowest BCUT2D eigenvalue weighted by molar-refractivity contribution is 0.277. The second-order valence-electron chi connectivity index (χ2n) is 5.20. The molecule has 14 heavy (non-hydrogen) atoms. The molecule has 1 aliphatic heterocycles. The van der Waals surface area contributed by atoms with Gasteiger partial charge in [-0.3, -0.25) is 0 Å². The molecule has 0 bridgehead atoms. The molecular formula is C13H25N. The third-order valence-electron chi connectivity index (χ3n) is 3.64. The van der Waals surface area contributed by atoms with Gasteiger partial charge in [0.25, 0.3) is 0 Å². The molecule has 0 aromatic heterocycles. The Morgan fingerprint density at radius 3 is 2.14 bits per heavy atom. The van der Waals surface area contributed by atoms with Gasteiger partial charge in [-0.2, -0.15) is 0 Å². The molecule has 0 amide bonds. The minimum absolute atomic E-state index is 0.399. The van der Waals surface area contributed by atoms with Crippen LogP contribution in [-0.4, -0.2) is 13.1 Å². The molecule has 0 unspecified atom stereocenters. The van der Waals surface area contributed by atoms with Crippen molar-refractivity contribution < 1.29 is 0 Å². The quantitative estimate of drug-likeness (QED) is 0.666. The number of allylic oxidation sites excluding steroid dienone is 1. The van der Waals surface area contributed by atoms with Crippen molar-refractivity contribution in [2.75, 3.05) is 13.1 Å². The van der Waals surface area contributed by atoms with E-state index in [1.54, 1.807) is 0 Å². The van der Waals surface area contributed by atoms with E-state index in [9.17, 15) is 0 Å². The maximum Gasteiger partial charge on any atom is -0.00486 e. The van der Waals surface area contributed by atoms with Crippen molar-refractivity contribution in [2.24, 2.45) is 11.3 Å². The summed E-state index contributed by atoms with van der Waals surface area (Å²) < 4.78 is 0. The third kappa shape index (κ3) is 2.84. The van der Waals surface area contributed by atoms with E-state index in [2.05, 4.69) is 32.7 Å². The van der Waals surface area contributed by atoms with Gasteiger partial charge >= 0.3 is 0 Å². The molecule has 0 aromatic carbocycles. The van der Waals surface area contributed by atoms with Gasteiger partial charge in [-0.25, -0.2) is 0 Å². The van der Waals surface area contributed by atoms with E-state index in [1.165, 1.54) is 44.3 Å². The summed E-state index contributed by atoms with van der Waals surface area (Å²) in [6.45, 7) is 13.6. The van der Waals surface area contributed by atoms with Crippen molar-refractivity contribution in [3.05, 3.63) is 12.2 Å². The number of hydrogen-bond donors (Lipinski definition) is 1. The highest BCUT2D eigenvalue weighted by Gasteiger charge is 2.28. The normalized spacial score (nSPS) is 22.9. The van der Waals surface area contributed by atoms with Gasteiger partial charge in [0.1, 0.15) is 0 Å². The summed E-state index contributed by atoms with van der Waals surface area (Å²) >= 11 is 0. The summed E-state index contributed by atoms with van der Waals surface area (Å²) in [7, 11) is 0. The Morgan fingerprint density at radius 1 is 1.21 bits per heavy atom. The predicted molar refractivity (Wildman–Crippen MR) is 63.4 cm³/mol. The van der Waals surface area contributed by atoms with E-state index in [-0.39, 0.29) is 0 Å². The molecule has 1 fully saturated rings. The molecule has 0 saturated carbocycles. The van der Waals surface area contributed by atoms with Gasteiger partial charge in [0, 0.05) is 0 Å². The standard InChI is InChI=1S/C13H25N/c1-11(2)12(3)13(4)7-5-9-14-10-6-8-13/h11,14H,3,5-10H2,1-2,4H3. The molecule has 0 aliphatic carbocycles. The average Bonchev–Trinajstić information content (AvgIpc) is 2.10. The van der Waals surface area contributed by atoms with Crippen molar-refractivity contribution in [2.45, 2.75) is 46.5 Å². The molecule has 1 saturated heterocycles. The van der Waals surface area contributed by atoms with E-state index < -0.39 is 0 Å². The van der Waals surface area contributed by atoms with Crippen LogP contribution in [-0.2, 0) is 0 Å². The van der Waals surface area contributed by atoms with Crippen LogP contribution < -0.4 is 5.32 Å². The molecule has 1 N–H and O–H groups in total. The van der Waals surface area contributed by atoms with Crippen LogP contribution in [0.5, 0.6) is 0 Å². The maximum absolute atomic E-state index is 4.30. The molecule has 0 atom stereocenters. The molecular weight excluding hydrogens is 170 g/mol. The van der Waals surface area contributed by atoms with Crippen molar-refractivity contribution in [1.82, 2.24) is 5.32 Å². The smallest absolute Gasteiger partial charge is 0.00486 e. The van der Waals surface area contributed by atoms with Crippen LogP contribution in [0.15, 0.2) is 12.2 Å². The molecule has 1 nitrogen and oxygen atoms in total. The van der Waals surface area contributed by atoms with Crippen LogP contribution in [0.3, 0.4) is 0 Å². The van der Waals surface area contributed by atoms with Gasteiger partial charge in [0.05, 0.1) is 0 Å². The molecule has 1 heteroatoms. The molecule has 0 radical (unpaired) electrons. The Balaban J connectivity index is 2.63. The lowest BCUT2D eigenvalue weighted by Gasteiger charge is -2.36. The van der Waals surface area contributed by atoms with Crippen molar-refractivity contribution >= 4 is 0 Å². The van der Waals surface area contributed by atoms with Crippen molar-refractivity contribution in [3.8, 4) is 0 Å². The summed E-state index contributed by atoms with van der Waals surface area (Å²) in [6.07, 6.45) is 5.19. The highest BCUT2D eigenvalue weighted by Crippen LogP contribution is 2.40. The second-order valence-corrected chi connectivity index (χ2v) is 5.20. The maximum atomic E-state index is 4.30. The third-order valence-corrected chi connectivity index (χ3v) is 3.64. The first-order chi connectivity index (χ1) is 6.56. The Kier molecular flexibility index (Phi) is 4.18. The minimum Gasteiger partial charge on any atom is -0.317 e. The zero-order valence-corrected chi connectivity index (χ0v) is 10.0. The number of rotatable bonds is 2. The molecule has 82 valence electrons. The van der Waals surface area contributed by atoms with Crippen LogP contribution >= 0.6 is 0 Å². The monoisotopic (exact) mass is 195 g/mol. The summed E-state index contributed by atoms with van der Waals surface area (Å²) in [5.41, 5.74) is 1.86. The summed E-state index contributed by atoms with van der Waals surface area (Å²) in [5, 5.41) is 3.46. The van der Waals surface area contributed by atoms with Crippen LogP contribution in [0.2, 0.25) is 0 Å². The zero-order chi connectivity index (χ0) is 10.6. The van der Waals surface area contributed by atoms with Gasteiger partial charge in [-0.15, -0.1) is 0 Å². The number of hydrogen-bond acceptors (Lipinski definition) is 1. The van der Waals surface area contributed by atoms with Crippen LogP contribution in [0.1, 0.15) is 46.5 Å². The lowest BCUT2D eigenvalue weighted by Crippen LogP contribution is -2.29. The second kappa shape index (κ2) is 4.97. The fraction of sp³-hybridized carbons (Fsp3) is 0.846. The molecule has 1 rings (SSSR count). The van der Waals surface area contributed by atoms with Crippen molar-refractivity contribution in [1.29, 1.82) is 0 Å².